The van der Waals surface area contributed by atoms with Crippen LogP contribution in [-0.4, -0.2) is 4.11 Å². The number of para-hydroxylation sites is 2. The van der Waals surface area contributed by atoms with E-state index in [9.17, 15) is 0 Å². The van der Waals surface area contributed by atoms with Crippen LogP contribution in [0, 0.1) is 0 Å². The van der Waals surface area contributed by atoms with Crippen LogP contribution in [0.3, 0.4) is 0 Å². The van der Waals surface area contributed by atoms with E-state index < -0.39 is 8.60 Å². The van der Waals surface area contributed by atoms with E-state index in [0.717, 1.165) is 17.9 Å². The fourth-order valence-corrected chi connectivity index (χ4v) is 4.07. The van der Waals surface area contributed by atoms with E-state index >= 15 is 0 Å². The first-order valence-corrected chi connectivity index (χ1v) is 10.7. The van der Waals surface area contributed by atoms with E-state index in [-0.39, 0.29) is 4.11 Å². The van der Waals surface area contributed by atoms with Gasteiger partial charge in [-0.25, -0.2) is 0 Å². The molecule has 0 spiro atoms. The van der Waals surface area contributed by atoms with Crippen LogP contribution in [0.15, 0.2) is 60.7 Å². The molecule has 2 aromatic rings. The lowest BCUT2D eigenvalue weighted by Crippen LogP contribution is -2.07. The predicted molar refractivity (Wildman–Crippen MR) is 109 cm³/mol. The molecule has 0 aliphatic carbocycles. The number of alkyl halides is 1. The minimum absolute atomic E-state index is 0.0815. The van der Waals surface area contributed by atoms with Crippen LogP contribution in [0.1, 0.15) is 39.0 Å². The Labute approximate surface area is 159 Å². The van der Waals surface area contributed by atoms with Gasteiger partial charge < -0.3 is 9.05 Å². The van der Waals surface area contributed by atoms with Crippen LogP contribution < -0.4 is 9.05 Å². The molecule has 24 heavy (non-hydrogen) atoms. The van der Waals surface area contributed by atoms with Crippen molar-refractivity contribution in [1.82, 2.24) is 0 Å². The molecule has 0 aliphatic rings. The molecule has 0 N–H and O–H groups in total. The quantitative estimate of drug-likeness (QED) is 0.155. The number of unbranched alkanes of at least 4 members (excludes halogenated alkanes) is 3. The van der Waals surface area contributed by atoms with Gasteiger partial charge in [0.15, 0.2) is 0 Å². The first-order chi connectivity index (χ1) is 11.8. The van der Waals surface area contributed by atoms with Crippen molar-refractivity contribution >= 4 is 31.2 Å². The van der Waals surface area contributed by atoms with E-state index in [0.29, 0.717) is 0 Å². The highest BCUT2D eigenvalue weighted by molar-refractivity contribution is 14.1. The third-order valence-electron chi connectivity index (χ3n) is 3.33. The maximum atomic E-state index is 6.05. The van der Waals surface area contributed by atoms with Gasteiger partial charge >= 0.3 is 8.60 Å². The van der Waals surface area contributed by atoms with Crippen molar-refractivity contribution in [3.8, 4) is 11.5 Å². The third kappa shape index (κ3) is 7.82. The molecule has 0 aliphatic heterocycles. The lowest BCUT2D eigenvalue weighted by Gasteiger charge is -2.20. The van der Waals surface area contributed by atoms with E-state index in [1.807, 2.05) is 60.7 Å². The molecule has 130 valence electrons. The lowest BCUT2D eigenvalue weighted by molar-refractivity contribution is 0.245. The second-order valence-corrected chi connectivity index (χ2v) is 7.81. The summed E-state index contributed by atoms with van der Waals surface area (Å²) in [5.41, 5.74) is 0. The molecule has 1 atom stereocenters. The molecular weight excluding hydrogens is 434 g/mol. The Morgan fingerprint density at radius 3 is 1.88 bits per heavy atom. The van der Waals surface area contributed by atoms with E-state index in [4.69, 9.17) is 13.6 Å². The zero-order chi connectivity index (χ0) is 17.0. The Hall–Kier alpha value is -0.840. The smallest absolute Gasteiger partial charge is 0.418 e. The average Bonchev–Trinajstić information content (AvgIpc) is 2.60. The van der Waals surface area contributed by atoms with Crippen molar-refractivity contribution in [2.24, 2.45) is 0 Å². The van der Waals surface area contributed by atoms with Crippen LogP contribution in [0.25, 0.3) is 0 Å². The molecule has 2 rings (SSSR count). The van der Waals surface area contributed by atoms with Gasteiger partial charge in [-0.05, 0) is 30.7 Å². The summed E-state index contributed by atoms with van der Waals surface area (Å²) in [6, 6.07) is 19.3. The summed E-state index contributed by atoms with van der Waals surface area (Å²) in [6.45, 7) is 2.22. The summed E-state index contributed by atoms with van der Waals surface area (Å²) in [6.07, 6.45) is 5.94. The Bertz CT molecular complexity index is 512. The normalized spacial score (nSPS) is 12.1. The van der Waals surface area contributed by atoms with Crippen molar-refractivity contribution in [3.05, 3.63) is 60.7 Å². The zero-order valence-electron chi connectivity index (χ0n) is 13.9. The van der Waals surface area contributed by atoms with Crippen LogP contribution in [-0.2, 0) is 4.52 Å². The first-order valence-electron chi connectivity index (χ1n) is 8.35. The summed E-state index contributed by atoms with van der Waals surface area (Å²) in [7, 11) is -1.48. The van der Waals surface area contributed by atoms with Crippen LogP contribution in [0.4, 0.5) is 0 Å². The molecule has 0 radical (unpaired) electrons. The van der Waals surface area contributed by atoms with Gasteiger partial charge in [-0.2, -0.15) is 0 Å². The fraction of sp³-hybridized carbons (Fsp3) is 0.368. The Kier molecular flexibility index (Phi) is 9.47. The van der Waals surface area contributed by atoms with E-state index in [1.54, 1.807) is 0 Å². The maximum Gasteiger partial charge on any atom is 0.464 e. The van der Waals surface area contributed by atoms with E-state index in [1.165, 1.54) is 25.7 Å². The molecule has 0 amide bonds. The predicted octanol–water partition coefficient (Wildman–Crippen LogP) is 7.12. The molecule has 2 aromatic carbocycles. The summed E-state index contributed by atoms with van der Waals surface area (Å²) in [5, 5.41) is 0. The van der Waals surface area contributed by atoms with Gasteiger partial charge in [0.2, 0.25) is 0 Å². The van der Waals surface area contributed by atoms with Crippen molar-refractivity contribution in [1.29, 1.82) is 0 Å². The Balaban J connectivity index is 1.91. The molecular formula is C19H24IO3P. The van der Waals surface area contributed by atoms with Gasteiger partial charge in [0.05, 0.1) is 0 Å². The summed E-state index contributed by atoms with van der Waals surface area (Å²) >= 11 is 2.33. The standard InChI is InChI=1S/C19H24IO3P/c1-2-3-4-11-16-19(20)23-24(21-17-12-7-5-8-13-17)22-18-14-9-6-10-15-18/h5-10,12-15,19H,2-4,11,16H2,1H3. The van der Waals surface area contributed by atoms with Gasteiger partial charge in [-0.1, -0.05) is 91.6 Å². The molecule has 0 saturated heterocycles. The largest absolute Gasteiger partial charge is 0.464 e. The summed E-state index contributed by atoms with van der Waals surface area (Å²) in [5.74, 6) is 1.52. The molecule has 5 heteroatoms. The second kappa shape index (κ2) is 11.7. The monoisotopic (exact) mass is 458 g/mol. The number of rotatable bonds is 11. The second-order valence-electron chi connectivity index (χ2n) is 5.40. The fourth-order valence-electron chi connectivity index (χ4n) is 2.07. The average molecular weight is 458 g/mol. The molecule has 0 fully saturated rings. The van der Waals surface area contributed by atoms with Crippen LogP contribution >= 0.6 is 31.2 Å². The molecule has 0 heterocycles. The topological polar surface area (TPSA) is 27.7 Å². The molecule has 0 saturated carbocycles. The molecule has 3 nitrogen and oxygen atoms in total. The molecule has 0 bridgehead atoms. The van der Waals surface area contributed by atoms with Gasteiger partial charge in [0.25, 0.3) is 0 Å². The van der Waals surface area contributed by atoms with Gasteiger partial charge in [-0.15, -0.1) is 0 Å². The summed E-state index contributed by atoms with van der Waals surface area (Å²) in [4.78, 5) is 0. The van der Waals surface area contributed by atoms with E-state index in [2.05, 4.69) is 29.5 Å². The lowest BCUT2D eigenvalue weighted by atomic mass is 10.2. The zero-order valence-corrected chi connectivity index (χ0v) is 17.0. The van der Waals surface area contributed by atoms with Crippen molar-refractivity contribution < 1.29 is 13.6 Å². The molecule has 1 unspecified atom stereocenters. The highest BCUT2D eigenvalue weighted by atomic mass is 127. The first kappa shape index (κ1) is 19.5. The highest BCUT2D eigenvalue weighted by Crippen LogP contribution is 2.44. The third-order valence-corrected chi connectivity index (χ3v) is 5.76. The number of benzene rings is 2. The maximum absolute atomic E-state index is 6.05. The minimum atomic E-state index is -1.48. The van der Waals surface area contributed by atoms with Gasteiger partial charge in [0.1, 0.15) is 15.6 Å². The number of hydrogen-bond acceptors (Lipinski definition) is 3. The molecule has 0 aromatic heterocycles. The summed E-state index contributed by atoms with van der Waals surface area (Å²) < 4.78 is 18.0. The Morgan fingerprint density at radius 2 is 1.38 bits per heavy atom. The number of halogens is 1. The van der Waals surface area contributed by atoms with Crippen molar-refractivity contribution in [2.75, 3.05) is 0 Å². The SMILES string of the molecule is CCCCCCC(I)OP(Oc1ccccc1)Oc1ccccc1. The van der Waals surface area contributed by atoms with Crippen LogP contribution in [0.5, 0.6) is 11.5 Å². The van der Waals surface area contributed by atoms with Gasteiger partial charge in [-0.3, -0.25) is 4.52 Å². The number of hydrogen-bond donors (Lipinski definition) is 0. The minimum Gasteiger partial charge on any atom is -0.418 e. The van der Waals surface area contributed by atoms with Crippen LogP contribution in [0.2, 0.25) is 0 Å². The highest BCUT2D eigenvalue weighted by Gasteiger charge is 2.21. The Morgan fingerprint density at radius 1 is 0.833 bits per heavy atom. The van der Waals surface area contributed by atoms with Crippen molar-refractivity contribution in [3.63, 3.8) is 0 Å². The van der Waals surface area contributed by atoms with Gasteiger partial charge in [0, 0.05) is 0 Å². The van der Waals surface area contributed by atoms with Crippen molar-refractivity contribution in [2.45, 2.75) is 43.1 Å².